The number of rotatable bonds is 7. The molecule has 1 atom stereocenters. The number of carbonyl (C=O) groups is 1. The molecule has 0 aromatic heterocycles. The number of methoxy groups -OCH3 is 2. The van der Waals surface area contributed by atoms with Crippen LogP contribution in [0, 0.1) is 0 Å². The van der Waals surface area contributed by atoms with E-state index in [9.17, 15) is 13.2 Å². The fraction of sp³-hybridized carbons (Fsp3) is 0.409. The van der Waals surface area contributed by atoms with Gasteiger partial charge in [0.15, 0.2) is 0 Å². The summed E-state index contributed by atoms with van der Waals surface area (Å²) in [6.07, 6.45) is 2.69. The summed E-state index contributed by atoms with van der Waals surface area (Å²) >= 11 is 0. The van der Waals surface area contributed by atoms with Crippen LogP contribution in [0.3, 0.4) is 0 Å². The minimum Gasteiger partial charge on any atom is -0.497 e. The molecule has 1 aliphatic rings. The van der Waals surface area contributed by atoms with Gasteiger partial charge in [-0.05, 0) is 44.0 Å². The molecule has 0 radical (unpaired) electrons. The van der Waals surface area contributed by atoms with E-state index in [0.717, 1.165) is 24.8 Å². The Labute approximate surface area is 178 Å². The molecule has 0 spiro atoms. The first-order valence-electron chi connectivity index (χ1n) is 10.0. The summed E-state index contributed by atoms with van der Waals surface area (Å²) in [5.41, 5.74) is 0.908. The van der Waals surface area contributed by atoms with Gasteiger partial charge in [0.2, 0.25) is 10.0 Å². The van der Waals surface area contributed by atoms with Gasteiger partial charge in [-0.2, -0.15) is 4.31 Å². The molecule has 0 bridgehead atoms. The van der Waals surface area contributed by atoms with Gasteiger partial charge in [-0.25, -0.2) is 8.42 Å². The zero-order valence-electron chi connectivity index (χ0n) is 17.6. The Morgan fingerprint density at radius 2 is 1.73 bits per heavy atom. The Morgan fingerprint density at radius 3 is 2.40 bits per heavy atom. The van der Waals surface area contributed by atoms with Crippen molar-refractivity contribution in [1.82, 2.24) is 9.62 Å². The second kappa shape index (κ2) is 9.49. The minimum absolute atomic E-state index is 0.0401. The number of nitrogens with one attached hydrogen (secondary N) is 1. The lowest BCUT2D eigenvalue weighted by Crippen LogP contribution is -2.37. The normalized spacial score (nSPS) is 16.0. The largest absolute Gasteiger partial charge is 0.497 e. The first-order valence-corrected chi connectivity index (χ1v) is 11.4. The van der Waals surface area contributed by atoms with E-state index in [0.29, 0.717) is 24.6 Å². The van der Waals surface area contributed by atoms with Gasteiger partial charge < -0.3 is 14.8 Å². The molecule has 1 heterocycles. The molecule has 1 N–H and O–H groups in total. The summed E-state index contributed by atoms with van der Waals surface area (Å²) in [6, 6.07) is 11.3. The van der Waals surface area contributed by atoms with Crippen molar-refractivity contribution in [2.45, 2.75) is 37.1 Å². The summed E-state index contributed by atoms with van der Waals surface area (Å²) in [5.74, 6) is 0.778. The third-order valence-corrected chi connectivity index (χ3v) is 7.28. The molecule has 2 aromatic carbocycles. The number of benzene rings is 2. The highest BCUT2D eigenvalue weighted by atomic mass is 32.2. The van der Waals surface area contributed by atoms with Gasteiger partial charge in [0, 0.05) is 24.7 Å². The second-order valence-corrected chi connectivity index (χ2v) is 9.17. The van der Waals surface area contributed by atoms with E-state index in [1.165, 1.54) is 10.4 Å². The van der Waals surface area contributed by atoms with Crippen LogP contribution in [0.4, 0.5) is 0 Å². The molecule has 1 amide bonds. The highest BCUT2D eigenvalue weighted by molar-refractivity contribution is 7.89. The van der Waals surface area contributed by atoms with E-state index in [1.807, 2.05) is 13.0 Å². The zero-order valence-corrected chi connectivity index (χ0v) is 18.4. The van der Waals surface area contributed by atoms with Crippen molar-refractivity contribution in [1.29, 1.82) is 0 Å². The molecule has 1 fully saturated rings. The number of nitrogens with zero attached hydrogens (tertiary/aromatic N) is 1. The molecule has 1 aliphatic heterocycles. The van der Waals surface area contributed by atoms with E-state index in [2.05, 4.69) is 5.32 Å². The van der Waals surface area contributed by atoms with Crippen molar-refractivity contribution in [2.24, 2.45) is 0 Å². The Kier molecular flexibility index (Phi) is 6.99. The lowest BCUT2D eigenvalue weighted by atomic mass is 10.1. The van der Waals surface area contributed by atoms with Gasteiger partial charge in [-0.15, -0.1) is 0 Å². The first kappa shape index (κ1) is 22.1. The molecule has 0 aliphatic carbocycles. The maximum Gasteiger partial charge on any atom is 0.253 e. The van der Waals surface area contributed by atoms with Crippen LogP contribution in [0.25, 0.3) is 0 Å². The lowest BCUT2D eigenvalue weighted by Gasteiger charge is -2.27. The standard InChI is InChI=1S/C22H28N2O5S/c1-16(18-12-11-17(28-2)15-20(18)29-3)23-22(25)19-9-5-6-10-21(19)30(26,27)24-13-7-4-8-14-24/h5-6,9-12,15-16H,4,7-8,13-14H2,1-3H3,(H,23,25). The molecular weight excluding hydrogens is 404 g/mol. The van der Waals surface area contributed by atoms with Gasteiger partial charge in [-0.1, -0.05) is 18.6 Å². The highest BCUT2D eigenvalue weighted by Crippen LogP contribution is 2.30. The van der Waals surface area contributed by atoms with Gasteiger partial charge in [0.25, 0.3) is 5.91 Å². The van der Waals surface area contributed by atoms with Crippen molar-refractivity contribution in [3.63, 3.8) is 0 Å². The maximum absolute atomic E-state index is 13.2. The number of sulfonamides is 1. The summed E-state index contributed by atoms with van der Waals surface area (Å²) in [6.45, 7) is 2.79. The van der Waals surface area contributed by atoms with Gasteiger partial charge in [0.05, 0.1) is 30.7 Å². The molecular formula is C22H28N2O5S. The van der Waals surface area contributed by atoms with Crippen LogP contribution in [0.5, 0.6) is 11.5 Å². The van der Waals surface area contributed by atoms with Crippen molar-refractivity contribution in [2.75, 3.05) is 27.3 Å². The molecule has 8 heteroatoms. The molecule has 7 nitrogen and oxygen atoms in total. The van der Waals surface area contributed by atoms with Gasteiger partial charge >= 0.3 is 0 Å². The topological polar surface area (TPSA) is 84.9 Å². The second-order valence-electron chi connectivity index (χ2n) is 7.26. The van der Waals surface area contributed by atoms with Crippen LogP contribution >= 0.6 is 0 Å². The average Bonchev–Trinajstić information content (AvgIpc) is 2.79. The third kappa shape index (κ3) is 4.60. The first-order chi connectivity index (χ1) is 14.4. The number of piperidine rings is 1. The molecule has 162 valence electrons. The quantitative estimate of drug-likeness (QED) is 0.725. The van der Waals surface area contributed by atoms with E-state index in [-0.39, 0.29) is 10.5 Å². The van der Waals surface area contributed by atoms with Crippen LogP contribution in [-0.4, -0.2) is 45.9 Å². The molecule has 1 unspecified atom stereocenters. The van der Waals surface area contributed by atoms with Crippen LogP contribution in [0.15, 0.2) is 47.4 Å². The number of carbonyl (C=O) groups excluding carboxylic acids is 1. The monoisotopic (exact) mass is 432 g/mol. The molecule has 2 aromatic rings. The number of amides is 1. The minimum atomic E-state index is -3.73. The number of hydrogen-bond acceptors (Lipinski definition) is 5. The van der Waals surface area contributed by atoms with E-state index in [1.54, 1.807) is 44.6 Å². The van der Waals surface area contributed by atoms with E-state index >= 15 is 0 Å². The molecule has 1 saturated heterocycles. The van der Waals surface area contributed by atoms with Crippen molar-refractivity contribution in [3.05, 3.63) is 53.6 Å². The van der Waals surface area contributed by atoms with Crippen molar-refractivity contribution >= 4 is 15.9 Å². The molecule has 3 rings (SSSR count). The fourth-order valence-corrected chi connectivity index (χ4v) is 5.36. The summed E-state index contributed by atoms with van der Waals surface area (Å²) < 4.78 is 38.4. The van der Waals surface area contributed by atoms with Crippen LogP contribution in [0.1, 0.15) is 48.1 Å². The SMILES string of the molecule is COc1ccc(C(C)NC(=O)c2ccccc2S(=O)(=O)N2CCCCC2)c(OC)c1. The Balaban J connectivity index is 1.86. The number of hydrogen-bond donors (Lipinski definition) is 1. The Bertz CT molecular complexity index is 1000. The van der Waals surface area contributed by atoms with Gasteiger partial charge in [-0.3, -0.25) is 4.79 Å². The lowest BCUT2D eigenvalue weighted by molar-refractivity contribution is 0.0936. The number of ether oxygens (including phenoxy) is 2. The highest BCUT2D eigenvalue weighted by Gasteiger charge is 2.30. The average molecular weight is 433 g/mol. The third-order valence-electron chi connectivity index (χ3n) is 5.32. The van der Waals surface area contributed by atoms with E-state index < -0.39 is 22.0 Å². The van der Waals surface area contributed by atoms with Crippen LogP contribution < -0.4 is 14.8 Å². The molecule has 30 heavy (non-hydrogen) atoms. The van der Waals surface area contributed by atoms with E-state index in [4.69, 9.17) is 9.47 Å². The zero-order chi connectivity index (χ0) is 21.7. The Hall–Kier alpha value is -2.58. The smallest absolute Gasteiger partial charge is 0.253 e. The summed E-state index contributed by atoms with van der Waals surface area (Å²) in [5, 5.41) is 2.90. The van der Waals surface area contributed by atoms with Gasteiger partial charge in [0.1, 0.15) is 11.5 Å². The molecule has 0 saturated carbocycles. The van der Waals surface area contributed by atoms with Crippen molar-refractivity contribution in [3.8, 4) is 11.5 Å². The summed E-state index contributed by atoms with van der Waals surface area (Å²) in [7, 11) is -0.611. The van der Waals surface area contributed by atoms with Crippen LogP contribution in [-0.2, 0) is 10.0 Å². The maximum atomic E-state index is 13.2. The predicted molar refractivity (Wildman–Crippen MR) is 114 cm³/mol. The predicted octanol–water partition coefficient (Wildman–Crippen LogP) is 3.37. The van der Waals surface area contributed by atoms with Crippen molar-refractivity contribution < 1.29 is 22.7 Å². The fourth-order valence-electron chi connectivity index (χ4n) is 3.65. The summed E-state index contributed by atoms with van der Waals surface area (Å²) in [4.78, 5) is 13.1. The Morgan fingerprint density at radius 1 is 1.03 bits per heavy atom. The van der Waals surface area contributed by atoms with Crippen LogP contribution in [0.2, 0.25) is 0 Å².